The summed E-state index contributed by atoms with van der Waals surface area (Å²) < 4.78 is 15.6. The lowest BCUT2D eigenvalue weighted by molar-refractivity contribution is 0.0914. The molecule has 2 aromatic heterocycles. The van der Waals surface area contributed by atoms with E-state index in [1.807, 2.05) is 30.3 Å². The van der Waals surface area contributed by atoms with E-state index in [2.05, 4.69) is 10.3 Å². The number of hydrogen-bond donors (Lipinski definition) is 1. The third-order valence-corrected chi connectivity index (χ3v) is 3.60. The van der Waals surface area contributed by atoms with Crippen molar-refractivity contribution >= 4 is 16.8 Å². The first kappa shape index (κ1) is 16.0. The van der Waals surface area contributed by atoms with Crippen LogP contribution in [-0.2, 0) is 17.9 Å². The summed E-state index contributed by atoms with van der Waals surface area (Å²) in [6.45, 7) is 0.679. The molecule has 0 fully saturated rings. The average Bonchev–Trinajstić information content (AvgIpc) is 3.08. The van der Waals surface area contributed by atoms with E-state index in [4.69, 9.17) is 13.9 Å². The molecule has 2 heterocycles. The summed E-state index contributed by atoms with van der Waals surface area (Å²) in [7, 11) is 3.14. The number of nitrogens with one attached hydrogen (secondary N) is 1. The summed E-state index contributed by atoms with van der Waals surface area (Å²) in [6.07, 6.45) is 0. The molecule has 0 unspecified atom stereocenters. The summed E-state index contributed by atoms with van der Waals surface area (Å²) in [5.74, 6) is 1.10. The Morgan fingerprint density at radius 3 is 2.83 bits per heavy atom. The summed E-state index contributed by atoms with van der Waals surface area (Å²) in [5.41, 5.74) is 1.75. The minimum absolute atomic E-state index is 0.257. The number of carbonyl (C=O) groups excluding carboxylic acids is 1. The molecule has 0 saturated carbocycles. The van der Waals surface area contributed by atoms with Gasteiger partial charge in [-0.15, -0.1) is 0 Å². The van der Waals surface area contributed by atoms with E-state index in [1.165, 1.54) is 0 Å². The quantitative estimate of drug-likeness (QED) is 0.754. The number of para-hydroxylation sites is 1. The van der Waals surface area contributed by atoms with E-state index >= 15 is 0 Å². The van der Waals surface area contributed by atoms with Crippen LogP contribution in [0.25, 0.3) is 10.9 Å². The molecule has 1 amide bonds. The second-order valence-electron chi connectivity index (χ2n) is 5.22. The third kappa shape index (κ3) is 3.38. The number of nitrogens with zero attached hydrogens (tertiary/aromatic N) is 1. The molecule has 6 heteroatoms. The van der Waals surface area contributed by atoms with E-state index in [1.54, 1.807) is 26.4 Å². The van der Waals surface area contributed by atoms with Gasteiger partial charge in [-0.1, -0.05) is 18.2 Å². The topological polar surface area (TPSA) is 73.6 Å². The average molecular weight is 326 g/mol. The molecule has 0 aliphatic carbocycles. The number of fused-ring (bicyclic) bond motifs is 1. The van der Waals surface area contributed by atoms with Gasteiger partial charge >= 0.3 is 0 Å². The zero-order valence-electron chi connectivity index (χ0n) is 13.5. The van der Waals surface area contributed by atoms with Crippen molar-refractivity contribution in [3.63, 3.8) is 0 Å². The van der Waals surface area contributed by atoms with E-state index < -0.39 is 0 Å². The van der Waals surface area contributed by atoms with Gasteiger partial charge in [-0.25, -0.2) is 4.98 Å². The van der Waals surface area contributed by atoms with Crippen LogP contribution < -0.4 is 10.1 Å². The third-order valence-electron chi connectivity index (χ3n) is 3.60. The lowest BCUT2D eigenvalue weighted by Gasteiger charge is -2.09. The van der Waals surface area contributed by atoms with Crippen molar-refractivity contribution in [1.29, 1.82) is 0 Å². The van der Waals surface area contributed by atoms with Crippen LogP contribution in [0.4, 0.5) is 0 Å². The predicted octanol–water partition coefficient (Wildman–Crippen LogP) is 2.91. The highest BCUT2D eigenvalue weighted by atomic mass is 16.5. The van der Waals surface area contributed by atoms with Crippen molar-refractivity contribution in [2.24, 2.45) is 0 Å². The molecule has 0 spiro atoms. The van der Waals surface area contributed by atoms with Crippen molar-refractivity contribution in [2.45, 2.75) is 13.2 Å². The SMILES string of the molecule is COCc1ccc(C(=O)NCc2cc(OC)nc3ccccc23)o1. The van der Waals surface area contributed by atoms with Crippen LogP contribution in [0.15, 0.2) is 46.9 Å². The van der Waals surface area contributed by atoms with E-state index in [9.17, 15) is 4.79 Å². The monoisotopic (exact) mass is 326 g/mol. The number of ether oxygens (including phenoxy) is 2. The smallest absolute Gasteiger partial charge is 0.287 e. The van der Waals surface area contributed by atoms with Gasteiger partial charge in [0.25, 0.3) is 5.91 Å². The van der Waals surface area contributed by atoms with Gasteiger partial charge in [0.1, 0.15) is 12.4 Å². The van der Waals surface area contributed by atoms with Crippen molar-refractivity contribution in [3.05, 3.63) is 59.5 Å². The van der Waals surface area contributed by atoms with Gasteiger partial charge in [-0.2, -0.15) is 0 Å². The van der Waals surface area contributed by atoms with E-state index in [0.29, 0.717) is 24.8 Å². The first-order valence-electron chi connectivity index (χ1n) is 7.49. The maximum atomic E-state index is 12.2. The number of amides is 1. The molecule has 0 radical (unpaired) electrons. The Bertz CT molecular complexity index is 857. The van der Waals surface area contributed by atoms with Gasteiger partial charge in [-0.3, -0.25) is 4.79 Å². The maximum Gasteiger partial charge on any atom is 0.287 e. The molecule has 0 aliphatic rings. The fraction of sp³-hybridized carbons (Fsp3) is 0.222. The second kappa shape index (κ2) is 7.14. The zero-order valence-corrected chi connectivity index (χ0v) is 13.5. The van der Waals surface area contributed by atoms with Crippen LogP contribution >= 0.6 is 0 Å². The van der Waals surface area contributed by atoms with Crippen LogP contribution in [0.3, 0.4) is 0 Å². The lowest BCUT2D eigenvalue weighted by atomic mass is 10.1. The Labute approximate surface area is 139 Å². The van der Waals surface area contributed by atoms with Crippen molar-refractivity contribution in [3.8, 4) is 5.88 Å². The van der Waals surface area contributed by atoms with Gasteiger partial charge < -0.3 is 19.2 Å². The maximum absolute atomic E-state index is 12.2. The fourth-order valence-electron chi connectivity index (χ4n) is 2.45. The Morgan fingerprint density at radius 1 is 1.21 bits per heavy atom. The summed E-state index contributed by atoms with van der Waals surface area (Å²) in [6, 6.07) is 12.9. The number of hydrogen-bond acceptors (Lipinski definition) is 5. The molecule has 3 aromatic rings. The van der Waals surface area contributed by atoms with E-state index in [-0.39, 0.29) is 11.7 Å². The number of pyridine rings is 1. The van der Waals surface area contributed by atoms with Crippen LogP contribution in [-0.4, -0.2) is 25.1 Å². The first-order chi connectivity index (χ1) is 11.7. The standard InChI is InChI=1S/C18H18N2O4/c1-22-11-13-7-8-16(24-13)18(21)19-10-12-9-17(23-2)20-15-6-4-3-5-14(12)15/h3-9H,10-11H2,1-2H3,(H,19,21). The number of aromatic nitrogens is 1. The minimum atomic E-state index is -0.280. The number of carbonyl (C=O) groups is 1. The summed E-state index contributed by atoms with van der Waals surface area (Å²) in [4.78, 5) is 16.6. The Balaban J connectivity index is 1.78. The van der Waals surface area contributed by atoms with Gasteiger partial charge in [0, 0.05) is 25.1 Å². The number of furan rings is 1. The van der Waals surface area contributed by atoms with Crippen molar-refractivity contribution < 1.29 is 18.7 Å². The Hall–Kier alpha value is -2.86. The molecule has 0 bridgehead atoms. The molecule has 0 saturated heterocycles. The second-order valence-corrected chi connectivity index (χ2v) is 5.22. The molecule has 0 atom stereocenters. The highest BCUT2D eigenvalue weighted by molar-refractivity contribution is 5.92. The largest absolute Gasteiger partial charge is 0.481 e. The van der Waals surface area contributed by atoms with Gasteiger partial charge in [-0.05, 0) is 23.8 Å². The van der Waals surface area contributed by atoms with Crippen LogP contribution in [0.2, 0.25) is 0 Å². The first-order valence-corrected chi connectivity index (χ1v) is 7.49. The molecule has 124 valence electrons. The molecule has 6 nitrogen and oxygen atoms in total. The highest BCUT2D eigenvalue weighted by Crippen LogP contribution is 2.22. The number of rotatable bonds is 6. The molecular formula is C18H18N2O4. The molecule has 0 aliphatic heterocycles. The van der Waals surface area contributed by atoms with Crippen LogP contribution in [0.1, 0.15) is 21.9 Å². The van der Waals surface area contributed by atoms with Crippen molar-refractivity contribution in [2.75, 3.05) is 14.2 Å². The fourth-order valence-corrected chi connectivity index (χ4v) is 2.45. The number of methoxy groups -OCH3 is 2. The Kier molecular flexibility index (Phi) is 4.77. The molecule has 24 heavy (non-hydrogen) atoms. The van der Waals surface area contributed by atoms with E-state index in [0.717, 1.165) is 16.5 Å². The normalized spacial score (nSPS) is 10.8. The minimum Gasteiger partial charge on any atom is -0.481 e. The lowest BCUT2D eigenvalue weighted by Crippen LogP contribution is -2.22. The molecule has 1 aromatic carbocycles. The van der Waals surface area contributed by atoms with Crippen molar-refractivity contribution in [1.82, 2.24) is 10.3 Å². The number of benzene rings is 1. The molecular weight excluding hydrogens is 308 g/mol. The highest BCUT2D eigenvalue weighted by Gasteiger charge is 2.12. The Morgan fingerprint density at radius 2 is 2.04 bits per heavy atom. The molecule has 1 N–H and O–H groups in total. The molecule has 3 rings (SSSR count). The zero-order chi connectivity index (χ0) is 16.9. The van der Waals surface area contributed by atoms with Crippen LogP contribution in [0, 0.1) is 0 Å². The predicted molar refractivity (Wildman–Crippen MR) is 88.9 cm³/mol. The van der Waals surface area contributed by atoms with Gasteiger partial charge in [0.05, 0.1) is 12.6 Å². The van der Waals surface area contributed by atoms with Gasteiger partial charge in [0.2, 0.25) is 5.88 Å². The summed E-state index contributed by atoms with van der Waals surface area (Å²) in [5, 5.41) is 3.83. The van der Waals surface area contributed by atoms with Crippen LogP contribution in [0.5, 0.6) is 5.88 Å². The summed E-state index contributed by atoms with van der Waals surface area (Å²) >= 11 is 0. The van der Waals surface area contributed by atoms with Gasteiger partial charge in [0.15, 0.2) is 5.76 Å².